The van der Waals surface area contributed by atoms with Gasteiger partial charge in [-0.1, -0.05) is 30.3 Å². The minimum absolute atomic E-state index is 0.167. The van der Waals surface area contributed by atoms with E-state index in [4.69, 9.17) is 0 Å². The highest BCUT2D eigenvalue weighted by Crippen LogP contribution is 2.31. The van der Waals surface area contributed by atoms with Gasteiger partial charge in [0.15, 0.2) is 4.21 Å². The lowest BCUT2D eigenvalue weighted by atomic mass is 10.1. The lowest BCUT2D eigenvalue weighted by molar-refractivity contribution is -0.126. The Morgan fingerprint density at radius 2 is 2.05 bits per heavy atom. The van der Waals surface area contributed by atoms with E-state index in [1.807, 2.05) is 6.07 Å². The number of nitrogens with one attached hydrogen (secondary N) is 1. The smallest absolute Gasteiger partial charge is 0.255 e. The third-order valence-corrected chi connectivity index (χ3v) is 6.66. The number of carbonyl (C=O) groups is 1. The number of benzene rings is 1. The van der Waals surface area contributed by atoms with Crippen LogP contribution in [-0.2, 0) is 14.8 Å². The normalized spacial score (nSPS) is 19.9. The highest BCUT2D eigenvalue weighted by atomic mass is 32.2. The van der Waals surface area contributed by atoms with E-state index in [2.05, 4.69) is 10.3 Å². The van der Waals surface area contributed by atoms with Crippen LogP contribution in [0.1, 0.15) is 16.6 Å². The Bertz CT molecular complexity index is 787. The van der Waals surface area contributed by atoms with Gasteiger partial charge < -0.3 is 5.32 Å². The van der Waals surface area contributed by atoms with Crippen molar-refractivity contribution in [3.8, 4) is 0 Å². The monoisotopic (exact) mass is 337 g/mol. The van der Waals surface area contributed by atoms with Crippen LogP contribution in [0.3, 0.4) is 0 Å². The number of aryl methyl sites for hydroxylation is 1. The van der Waals surface area contributed by atoms with Gasteiger partial charge in [0.25, 0.3) is 10.0 Å². The summed E-state index contributed by atoms with van der Waals surface area (Å²) in [6, 6.07) is 8.08. The molecule has 1 amide bonds. The lowest BCUT2D eigenvalue weighted by Crippen LogP contribution is -2.51. The Morgan fingerprint density at radius 1 is 1.32 bits per heavy atom. The summed E-state index contributed by atoms with van der Waals surface area (Å²) in [5.74, 6) is -0.303. The molecule has 1 aromatic heterocycles. The van der Waals surface area contributed by atoms with Crippen LogP contribution < -0.4 is 5.32 Å². The molecule has 8 heteroatoms. The molecular weight excluding hydrogens is 322 g/mol. The maximum Gasteiger partial charge on any atom is 0.255 e. The van der Waals surface area contributed by atoms with Crippen molar-refractivity contribution >= 4 is 27.3 Å². The number of nitrogens with zero attached hydrogens (tertiary/aromatic N) is 2. The summed E-state index contributed by atoms with van der Waals surface area (Å²) in [4.78, 5) is 16.3. The maximum absolute atomic E-state index is 12.8. The molecule has 1 aromatic carbocycles. The Kier molecular flexibility index (Phi) is 3.98. The van der Waals surface area contributed by atoms with Crippen LogP contribution in [-0.4, -0.2) is 36.7 Å². The molecule has 1 fully saturated rings. The molecule has 1 aliphatic heterocycles. The van der Waals surface area contributed by atoms with Gasteiger partial charge in [-0.15, -0.1) is 11.3 Å². The Hall–Kier alpha value is -1.77. The Morgan fingerprint density at radius 3 is 2.68 bits per heavy atom. The van der Waals surface area contributed by atoms with Gasteiger partial charge in [-0.05, 0) is 12.5 Å². The number of hydrogen-bond donors (Lipinski definition) is 1. The SMILES string of the molecule is Cc1ncc(S(=O)(=O)N2CCNC(=O)C2c2ccccc2)s1. The van der Waals surface area contributed by atoms with Crippen molar-refractivity contribution in [1.82, 2.24) is 14.6 Å². The van der Waals surface area contributed by atoms with Crippen LogP contribution in [0.5, 0.6) is 0 Å². The lowest BCUT2D eigenvalue weighted by Gasteiger charge is -2.33. The van der Waals surface area contributed by atoms with E-state index in [0.717, 1.165) is 11.3 Å². The molecular formula is C14H15N3O3S2. The van der Waals surface area contributed by atoms with E-state index in [-0.39, 0.29) is 16.7 Å². The zero-order valence-corrected chi connectivity index (χ0v) is 13.5. The molecule has 1 unspecified atom stereocenters. The quantitative estimate of drug-likeness (QED) is 0.916. The van der Waals surface area contributed by atoms with Gasteiger partial charge >= 0.3 is 0 Å². The fourth-order valence-electron chi connectivity index (χ4n) is 2.43. The highest BCUT2D eigenvalue weighted by Gasteiger charge is 2.40. The summed E-state index contributed by atoms with van der Waals surface area (Å²) in [6.07, 6.45) is 1.35. The summed E-state index contributed by atoms with van der Waals surface area (Å²) in [5.41, 5.74) is 0.657. The van der Waals surface area contributed by atoms with E-state index < -0.39 is 16.1 Å². The van der Waals surface area contributed by atoms with E-state index in [9.17, 15) is 13.2 Å². The van der Waals surface area contributed by atoms with E-state index in [1.54, 1.807) is 31.2 Å². The molecule has 2 aromatic rings. The zero-order valence-electron chi connectivity index (χ0n) is 11.9. The molecule has 3 rings (SSSR count). The number of sulfonamides is 1. The van der Waals surface area contributed by atoms with Crippen LogP contribution in [0.25, 0.3) is 0 Å². The first kappa shape index (κ1) is 15.1. The molecule has 1 saturated heterocycles. The first-order valence-corrected chi connectivity index (χ1v) is 9.03. The first-order chi connectivity index (χ1) is 10.5. The van der Waals surface area contributed by atoms with Crippen LogP contribution in [0.15, 0.2) is 40.7 Å². The molecule has 1 N–H and O–H groups in total. The molecule has 22 heavy (non-hydrogen) atoms. The molecule has 6 nitrogen and oxygen atoms in total. The van der Waals surface area contributed by atoms with Gasteiger partial charge in [0, 0.05) is 13.1 Å². The van der Waals surface area contributed by atoms with Gasteiger partial charge in [-0.3, -0.25) is 4.79 Å². The maximum atomic E-state index is 12.8. The molecule has 1 atom stereocenters. The van der Waals surface area contributed by atoms with Crippen molar-refractivity contribution in [1.29, 1.82) is 0 Å². The molecule has 1 aliphatic rings. The fourth-order valence-corrected chi connectivity index (χ4v) is 5.25. The van der Waals surface area contributed by atoms with Crippen molar-refractivity contribution in [2.24, 2.45) is 0 Å². The zero-order chi connectivity index (χ0) is 15.7. The average Bonchev–Trinajstić information content (AvgIpc) is 2.95. The highest BCUT2D eigenvalue weighted by molar-refractivity contribution is 7.91. The van der Waals surface area contributed by atoms with Gasteiger partial charge in [0.2, 0.25) is 5.91 Å². The predicted molar refractivity (Wildman–Crippen MR) is 82.9 cm³/mol. The molecule has 0 saturated carbocycles. The number of amides is 1. The number of carbonyl (C=O) groups excluding carboxylic acids is 1. The summed E-state index contributed by atoms with van der Waals surface area (Å²) >= 11 is 1.11. The number of hydrogen-bond acceptors (Lipinski definition) is 5. The van der Waals surface area contributed by atoms with Gasteiger partial charge in [-0.25, -0.2) is 13.4 Å². The Labute approximate surface area is 132 Å². The number of rotatable bonds is 3. The number of piperazine rings is 1. The summed E-state index contributed by atoms with van der Waals surface area (Å²) in [5, 5.41) is 3.41. The van der Waals surface area contributed by atoms with E-state index in [0.29, 0.717) is 17.1 Å². The molecule has 116 valence electrons. The average molecular weight is 337 g/mol. The third-order valence-electron chi connectivity index (χ3n) is 3.45. The molecule has 2 heterocycles. The molecule has 0 aliphatic carbocycles. The number of aromatic nitrogens is 1. The topological polar surface area (TPSA) is 79.4 Å². The van der Waals surface area contributed by atoms with Crippen LogP contribution in [0, 0.1) is 6.92 Å². The van der Waals surface area contributed by atoms with Crippen molar-refractivity contribution in [2.75, 3.05) is 13.1 Å². The van der Waals surface area contributed by atoms with Crippen molar-refractivity contribution in [3.63, 3.8) is 0 Å². The second kappa shape index (κ2) is 5.79. The summed E-state index contributed by atoms with van der Waals surface area (Å²) < 4.78 is 27.1. The van der Waals surface area contributed by atoms with Gasteiger partial charge in [0.1, 0.15) is 6.04 Å². The molecule has 0 spiro atoms. The van der Waals surface area contributed by atoms with E-state index >= 15 is 0 Å². The molecule has 0 bridgehead atoms. The van der Waals surface area contributed by atoms with Crippen LogP contribution in [0.2, 0.25) is 0 Å². The standard InChI is InChI=1S/C14H15N3O3S2/c1-10-16-9-12(21-10)22(19,20)17-8-7-15-14(18)13(17)11-5-3-2-4-6-11/h2-6,9,13H,7-8H2,1H3,(H,15,18). The Balaban J connectivity index is 2.05. The minimum atomic E-state index is -3.74. The van der Waals surface area contributed by atoms with Crippen LogP contribution >= 0.6 is 11.3 Å². The van der Waals surface area contributed by atoms with Crippen molar-refractivity contribution in [2.45, 2.75) is 17.2 Å². The third kappa shape index (κ3) is 2.65. The molecule has 0 radical (unpaired) electrons. The second-order valence-corrected chi connectivity index (χ2v) is 8.27. The first-order valence-electron chi connectivity index (χ1n) is 6.77. The number of thiazole rings is 1. The van der Waals surface area contributed by atoms with Crippen molar-refractivity contribution in [3.05, 3.63) is 47.1 Å². The summed E-state index contributed by atoms with van der Waals surface area (Å²) in [7, 11) is -3.74. The van der Waals surface area contributed by atoms with Gasteiger partial charge in [0.05, 0.1) is 11.2 Å². The van der Waals surface area contributed by atoms with Crippen molar-refractivity contribution < 1.29 is 13.2 Å². The van der Waals surface area contributed by atoms with Gasteiger partial charge in [-0.2, -0.15) is 4.31 Å². The largest absolute Gasteiger partial charge is 0.353 e. The van der Waals surface area contributed by atoms with E-state index in [1.165, 1.54) is 10.5 Å². The summed E-state index contributed by atoms with van der Waals surface area (Å²) in [6.45, 7) is 2.30. The fraction of sp³-hybridized carbons (Fsp3) is 0.286. The second-order valence-electron chi connectivity index (χ2n) is 4.92. The minimum Gasteiger partial charge on any atom is -0.353 e. The van der Waals surface area contributed by atoms with Crippen LogP contribution in [0.4, 0.5) is 0 Å². The predicted octanol–water partition coefficient (Wildman–Crippen LogP) is 1.31.